The van der Waals surface area contributed by atoms with Gasteiger partial charge in [0, 0.05) is 17.8 Å². The zero-order valence-corrected chi connectivity index (χ0v) is 17.3. The highest BCUT2D eigenvalue weighted by Crippen LogP contribution is 2.28. The first-order valence-corrected chi connectivity index (χ1v) is 10.7. The van der Waals surface area contributed by atoms with Crippen LogP contribution in [0.15, 0.2) is 66.3 Å². The number of carbonyl (C=O) groups excluding carboxylic acids is 1. The quantitative estimate of drug-likeness (QED) is 0.456. The van der Waals surface area contributed by atoms with Crippen LogP contribution in [-0.2, 0) is 24.2 Å². The zero-order chi connectivity index (χ0) is 20.2. The Morgan fingerprint density at radius 1 is 1.21 bits per heavy atom. The smallest absolute Gasteiger partial charge is 0.237 e. The Balaban J connectivity index is 1.49. The fourth-order valence-electron chi connectivity index (χ4n) is 3.58. The summed E-state index contributed by atoms with van der Waals surface area (Å²) in [5, 5.41) is 12.1. The number of carbonyl (C=O) groups is 1. The summed E-state index contributed by atoms with van der Waals surface area (Å²) >= 11 is 1.41. The van der Waals surface area contributed by atoms with Crippen molar-refractivity contribution in [2.24, 2.45) is 0 Å². The topological polar surface area (TPSA) is 59.8 Å². The Bertz CT molecular complexity index is 1030. The Kier molecular flexibility index (Phi) is 5.81. The molecule has 1 amide bonds. The number of thioether (sulfide) groups is 1. The number of nitrogens with one attached hydrogen (secondary N) is 1. The Labute approximate surface area is 175 Å². The third-order valence-electron chi connectivity index (χ3n) is 5.08. The highest BCUT2D eigenvalue weighted by molar-refractivity contribution is 8.00. The molecule has 0 spiro atoms. The minimum absolute atomic E-state index is 0.0395. The van der Waals surface area contributed by atoms with E-state index in [-0.39, 0.29) is 11.2 Å². The molecule has 148 valence electrons. The molecule has 1 atom stereocenters. The Hall–Kier alpha value is -2.86. The third-order valence-corrected chi connectivity index (χ3v) is 6.16. The fraction of sp³-hybridized carbons (Fsp3) is 0.261. The standard InChI is InChI=1S/C23H24N4OS/c1-3-14-27-21(18-8-5-4-6-9-18)25-26-23(27)29-16(2)22(28)24-20-13-12-17-10-7-11-19(17)15-20/h3-6,8-9,12-13,15-16H,1,7,10-11,14H2,2H3,(H,24,28)/t16-/m0/s1. The number of nitrogens with zero attached hydrogens (tertiary/aromatic N) is 3. The average molecular weight is 405 g/mol. The maximum atomic E-state index is 12.8. The molecule has 0 unspecified atom stereocenters. The molecule has 0 bridgehead atoms. The van der Waals surface area contributed by atoms with Gasteiger partial charge < -0.3 is 5.32 Å². The van der Waals surface area contributed by atoms with Crippen LogP contribution in [0.4, 0.5) is 5.69 Å². The highest BCUT2D eigenvalue weighted by Gasteiger charge is 2.21. The molecule has 1 aliphatic rings. The van der Waals surface area contributed by atoms with Gasteiger partial charge in [-0.2, -0.15) is 0 Å². The van der Waals surface area contributed by atoms with Gasteiger partial charge in [-0.15, -0.1) is 16.8 Å². The summed E-state index contributed by atoms with van der Waals surface area (Å²) < 4.78 is 1.99. The molecular formula is C23H24N4OS. The Morgan fingerprint density at radius 3 is 2.79 bits per heavy atom. The van der Waals surface area contributed by atoms with Crippen LogP contribution in [0, 0.1) is 0 Å². The predicted molar refractivity (Wildman–Crippen MR) is 118 cm³/mol. The Morgan fingerprint density at radius 2 is 2.00 bits per heavy atom. The van der Waals surface area contributed by atoms with Crippen molar-refractivity contribution < 1.29 is 4.79 Å². The number of rotatable bonds is 7. The molecule has 0 saturated heterocycles. The van der Waals surface area contributed by atoms with E-state index in [0.29, 0.717) is 11.7 Å². The molecule has 6 heteroatoms. The van der Waals surface area contributed by atoms with E-state index in [1.54, 1.807) is 0 Å². The molecule has 0 radical (unpaired) electrons. The molecule has 5 nitrogen and oxygen atoms in total. The number of aromatic nitrogens is 3. The van der Waals surface area contributed by atoms with Crippen LogP contribution in [0.25, 0.3) is 11.4 Å². The number of amides is 1. The van der Waals surface area contributed by atoms with Crippen molar-refractivity contribution in [1.82, 2.24) is 14.8 Å². The molecule has 1 N–H and O–H groups in total. The summed E-state index contributed by atoms with van der Waals surface area (Å²) in [6.45, 7) is 6.32. The maximum absolute atomic E-state index is 12.8. The van der Waals surface area contributed by atoms with Crippen molar-refractivity contribution in [3.8, 4) is 11.4 Å². The van der Waals surface area contributed by atoms with Crippen LogP contribution >= 0.6 is 11.8 Å². The highest BCUT2D eigenvalue weighted by atomic mass is 32.2. The summed E-state index contributed by atoms with van der Waals surface area (Å²) in [4.78, 5) is 12.8. The van der Waals surface area contributed by atoms with Gasteiger partial charge in [-0.05, 0) is 49.4 Å². The molecule has 1 heterocycles. The second kappa shape index (κ2) is 8.66. The predicted octanol–water partition coefficient (Wildman–Crippen LogP) is 4.74. The van der Waals surface area contributed by atoms with E-state index in [1.807, 2.05) is 54.0 Å². The number of allylic oxidation sites excluding steroid dienone is 1. The van der Waals surface area contributed by atoms with E-state index >= 15 is 0 Å². The third kappa shape index (κ3) is 4.27. The van der Waals surface area contributed by atoms with Gasteiger partial charge >= 0.3 is 0 Å². The summed E-state index contributed by atoms with van der Waals surface area (Å²) in [6.07, 6.45) is 5.24. The lowest BCUT2D eigenvalue weighted by molar-refractivity contribution is -0.115. The molecule has 2 aromatic carbocycles. The van der Waals surface area contributed by atoms with E-state index in [9.17, 15) is 4.79 Å². The molecule has 29 heavy (non-hydrogen) atoms. The van der Waals surface area contributed by atoms with Crippen LogP contribution in [-0.4, -0.2) is 25.9 Å². The van der Waals surface area contributed by atoms with E-state index < -0.39 is 0 Å². The first kappa shape index (κ1) is 19.5. The largest absolute Gasteiger partial charge is 0.325 e. The van der Waals surface area contributed by atoms with Crippen molar-refractivity contribution in [3.05, 3.63) is 72.3 Å². The number of aryl methyl sites for hydroxylation is 2. The van der Waals surface area contributed by atoms with Crippen LogP contribution in [0.5, 0.6) is 0 Å². The van der Waals surface area contributed by atoms with Crippen molar-refractivity contribution in [3.63, 3.8) is 0 Å². The van der Waals surface area contributed by atoms with E-state index in [2.05, 4.69) is 34.2 Å². The number of benzene rings is 2. The van der Waals surface area contributed by atoms with Crippen LogP contribution in [0.2, 0.25) is 0 Å². The van der Waals surface area contributed by atoms with Gasteiger partial charge in [0.1, 0.15) is 0 Å². The van der Waals surface area contributed by atoms with Crippen LogP contribution in [0.1, 0.15) is 24.5 Å². The second-order valence-electron chi connectivity index (χ2n) is 7.16. The summed E-state index contributed by atoms with van der Waals surface area (Å²) in [7, 11) is 0. The molecule has 1 aliphatic carbocycles. The number of fused-ring (bicyclic) bond motifs is 1. The number of hydrogen-bond donors (Lipinski definition) is 1. The fourth-order valence-corrected chi connectivity index (χ4v) is 4.43. The first-order valence-electron chi connectivity index (χ1n) is 9.84. The first-order chi connectivity index (χ1) is 14.2. The molecule has 4 rings (SSSR count). The van der Waals surface area contributed by atoms with Crippen molar-refractivity contribution >= 4 is 23.4 Å². The van der Waals surface area contributed by atoms with Crippen molar-refractivity contribution in [2.75, 3.05) is 5.32 Å². The minimum atomic E-state index is -0.306. The number of anilines is 1. The van der Waals surface area contributed by atoms with Gasteiger partial charge in [-0.1, -0.05) is 54.2 Å². The van der Waals surface area contributed by atoms with Crippen molar-refractivity contribution in [1.29, 1.82) is 0 Å². The lowest BCUT2D eigenvalue weighted by Gasteiger charge is -2.13. The normalized spacial score (nSPS) is 13.7. The van der Waals surface area contributed by atoms with Gasteiger partial charge in [0.25, 0.3) is 0 Å². The van der Waals surface area contributed by atoms with Gasteiger partial charge in [0.05, 0.1) is 5.25 Å². The monoisotopic (exact) mass is 404 g/mol. The molecule has 1 aromatic heterocycles. The van der Waals surface area contributed by atoms with Crippen LogP contribution in [0.3, 0.4) is 0 Å². The van der Waals surface area contributed by atoms with E-state index in [0.717, 1.165) is 29.9 Å². The van der Waals surface area contributed by atoms with Gasteiger partial charge in [0.15, 0.2) is 11.0 Å². The van der Waals surface area contributed by atoms with E-state index in [4.69, 9.17) is 0 Å². The zero-order valence-electron chi connectivity index (χ0n) is 16.5. The molecule has 0 saturated carbocycles. The van der Waals surface area contributed by atoms with Gasteiger partial charge in [-0.3, -0.25) is 9.36 Å². The van der Waals surface area contributed by atoms with Gasteiger partial charge in [0.2, 0.25) is 5.91 Å². The number of hydrogen-bond acceptors (Lipinski definition) is 4. The lowest BCUT2D eigenvalue weighted by Crippen LogP contribution is -2.23. The molecule has 3 aromatic rings. The summed E-state index contributed by atoms with van der Waals surface area (Å²) in [5.74, 6) is 0.738. The maximum Gasteiger partial charge on any atom is 0.237 e. The van der Waals surface area contributed by atoms with Crippen LogP contribution < -0.4 is 5.32 Å². The minimum Gasteiger partial charge on any atom is -0.325 e. The lowest BCUT2D eigenvalue weighted by atomic mass is 10.1. The molecule has 0 aliphatic heterocycles. The summed E-state index contributed by atoms with van der Waals surface area (Å²) in [5.41, 5.74) is 4.60. The van der Waals surface area contributed by atoms with Gasteiger partial charge in [-0.25, -0.2) is 0 Å². The van der Waals surface area contributed by atoms with Crippen molar-refractivity contribution in [2.45, 2.75) is 43.1 Å². The molecule has 0 fully saturated rings. The van der Waals surface area contributed by atoms with E-state index in [1.165, 1.54) is 29.3 Å². The second-order valence-corrected chi connectivity index (χ2v) is 8.47. The summed E-state index contributed by atoms with van der Waals surface area (Å²) in [6, 6.07) is 16.1. The molecular weight excluding hydrogens is 380 g/mol. The average Bonchev–Trinajstić information content (AvgIpc) is 3.36. The SMILES string of the molecule is C=CCn1c(S[C@@H](C)C(=O)Nc2ccc3c(c2)CCC3)nnc1-c1ccccc1.